The molecular weight excluding hydrogens is 362 g/mol. The van der Waals surface area contributed by atoms with Crippen molar-refractivity contribution in [3.05, 3.63) is 0 Å². The van der Waals surface area contributed by atoms with E-state index in [1.807, 2.05) is 4.52 Å². The first kappa shape index (κ1) is 15.8. The van der Waals surface area contributed by atoms with Gasteiger partial charge in [0.25, 0.3) is 0 Å². The summed E-state index contributed by atoms with van der Waals surface area (Å²) >= 11 is 0. The van der Waals surface area contributed by atoms with Crippen molar-refractivity contribution in [1.29, 1.82) is 0 Å². The van der Waals surface area contributed by atoms with Crippen molar-refractivity contribution in [2.24, 2.45) is 18.1 Å². The van der Waals surface area contributed by atoms with Crippen molar-refractivity contribution in [2.75, 3.05) is 13.2 Å². The van der Waals surface area contributed by atoms with Crippen molar-refractivity contribution in [3.63, 3.8) is 0 Å². The zero-order valence-corrected chi connectivity index (χ0v) is 12.4. The Labute approximate surface area is 104 Å². The van der Waals surface area contributed by atoms with Crippen molar-refractivity contribution in [3.8, 4) is 0 Å². The summed E-state index contributed by atoms with van der Waals surface area (Å²) in [7, 11) is -22.2. The molecule has 19 heavy (non-hydrogen) atoms. The Hall–Kier alpha value is 0.420. The highest BCUT2D eigenvalue weighted by Crippen LogP contribution is 2.82. The number of rotatable bonds is 0. The molecule has 2 rings (SSSR count). The number of hydrogen-bond acceptors (Lipinski definition) is 6. The van der Waals surface area contributed by atoms with Crippen LogP contribution in [0.2, 0.25) is 0 Å². The highest BCUT2D eigenvalue weighted by atomic mass is 31.3. The van der Waals surface area contributed by atoms with E-state index in [9.17, 15) is 25.2 Å². The van der Waals surface area contributed by atoms with Crippen molar-refractivity contribution in [1.82, 2.24) is 0 Å². The summed E-state index contributed by atoms with van der Waals surface area (Å²) < 4.78 is 97.8. The lowest BCUT2D eigenvalue weighted by molar-refractivity contribution is 0.247. The third-order valence-corrected chi connectivity index (χ3v) is 9.67. The van der Waals surface area contributed by atoms with Crippen molar-refractivity contribution < 1.29 is 34.2 Å². The van der Waals surface area contributed by atoms with Gasteiger partial charge in [0, 0.05) is 0 Å². The Bertz CT molecular complexity index is 587. The third kappa shape index (κ3) is 4.19. The predicted molar refractivity (Wildman–Crippen MR) is 60.6 cm³/mol. The van der Waals surface area contributed by atoms with Gasteiger partial charge in [0.15, 0.2) is 0 Å². The molecule has 2 aliphatic heterocycles. The van der Waals surface area contributed by atoms with E-state index in [1.165, 1.54) is 0 Å². The minimum Gasteiger partial charge on any atom is -0.303 e. The van der Waals surface area contributed by atoms with Crippen LogP contribution >= 0.6 is 31.1 Å². The maximum Gasteiger partial charge on any atom is 0.425 e. The quantitative estimate of drug-likeness (QED) is 0.340. The highest BCUT2D eigenvalue weighted by molar-refractivity contribution is 7.78. The van der Waals surface area contributed by atoms with Gasteiger partial charge in [-0.3, -0.25) is 0 Å². The van der Waals surface area contributed by atoms with Crippen LogP contribution in [0.15, 0.2) is 18.1 Å². The molecule has 2 heterocycles. The largest absolute Gasteiger partial charge is 0.425 e. The Balaban J connectivity index is 2.75. The summed E-state index contributed by atoms with van der Waals surface area (Å²) in [6.45, 7) is -0.800. The topological polar surface area (TPSA) is 67.9 Å². The van der Waals surface area contributed by atoms with Gasteiger partial charge in [-0.2, -0.15) is 8.39 Å². The second kappa shape index (κ2) is 5.00. The lowest BCUT2D eigenvalue weighted by Crippen LogP contribution is -1.99. The average Bonchev–Trinajstić information content (AvgIpc) is 2.07. The van der Waals surface area contributed by atoms with E-state index in [-0.39, 0.29) is 6.42 Å². The van der Waals surface area contributed by atoms with Crippen LogP contribution in [0.3, 0.4) is 0 Å². The van der Waals surface area contributed by atoms with Crippen LogP contribution in [0, 0.1) is 0 Å². The van der Waals surface area contributed by atoms with E-state index in [0.717, 1.165) is 0 Å². The maximum absolute atomic E-state index is 13.9. The standard InChI is InChI=1S/C3H6F6N4O2P4/c4-16(5)10-17(6,7)12-19(9)13-18(8,11-16)14-2-1-3-15-19/h1-3H2/t18-,19+. The highest BCUT2D eigenvalue weighted by Gasteiger charge is 2.41. The van der Waals surface area contributed by atoms with Crippen molar-refractivity contribution >= 4 is 31.1 Å². The van der Waals surface area contributed by atoms with Crippen LogP contribution in [0.5, 0.6) is 0 Å². The summed E-state index contributed by atoms with van der Waals surface area (Å²) in [5, 5.41) is 0. The van der Waals surface area contributed by atoms with Gasteiger partial charge in [-0.15, -0.1) is 34.8 Å². The lowest BCUT2D eigenvalue weighted by Gasteiger charge is -2.21. The average molecular weight is 368 g/mol. The van der Waals surface area contributed by atoms with Gasteiger partial charge in [0.1, 0.15) is 0 Å². The molecule has 2 aliphatic rings. The van der Waals surface area contributed by atoms with Gasteiger partial charge in [-0.1, -0.05) is 0 Å². The van der Waals surface area contributed by atoms with Crippen molar-refractivity contribution in [2.45, 2.75) is 6.42 Å². The van der Waals surface area contributed by atoms with Crippen LogP contribution in [-0.2, 0) is 9.05 Å². The van der Waals surface area contributed by atoms with Gasteiger partial charge in [0.2, 0.25) is 0 Å². The SMILES string of the molecule is FP1(F)=NP(F)(F)=N[P@@]2(F)=N[P@@](F)(=N1)OCCCO2. The smallest absolute Gasteiger partial charge is 0.303 e. The molecule has 0 aromatic heterocycles. The maximum atomic E-state index is 13.9. The fourth-order valence-corrected chi connectivity index (χ4v) is 8.78. The normalized spacial score (nSPS) is 40.9. The Kier molecular flexibility index (Phi) is 4.16. The van der Waals surface area contributed by atoms with Crippen LogP contribution in [0.25, 0.3) is 0 Å². The van der Waals surface area contributed by atoms with E-state index in [2.05, 4.69) is 22.6 Å². The van der Waals surface area contributed by atoms with E-state index >= 15 is 0 Å². The minimum atomic E-state index is -6.02. The molecular formula is C3H6F6N4O2P4. The molecule has 0 fully saturated rings. The van der Waals surface area contributed by atoms with Gasteiger partial charge in [0.05, 0.1) is 13.2 Å². The summed E-state index contributed by atoms with van der Waals surface area (Å²) in [4.78, 5) is 0. The monoisotopic (exact) mass is 368 g/mol. The first-order chi connectivity index (χ1) is 8.54. The summed E-state index contributed by atoms with van der Waals surface area (Å²) in [5.74, 6) is 0. The van der Waals surface area contributed by atoms with E-state index in [0.29, 0.717) is 0 Å². The zero-order valence-electron chi connectivity index (χ0n) is 8.78. The molecule has 16 heteroatoms. The molecule has 2 bridgehead atoms. The van der Waals surface area contributed by atoms with Gasteiger partial charge in [-0.25, -0.2) is 0 Å². The first-order valence-electron chi connectivity index (χ1n) is 4.56. The first-order valence-corrected chi connectivity index (χ1v) is 10.5. The number of fused-ring (bicyclic) bond motifs is 1. The predicted octanol–water partition coefficient (Wildman–Crippen LogP) is 7.04. The summed E-state index contributed by atoms with van der Waals surface area (Å²) in [6.07, 6.45) is -0.0803. The summed E-state index contributed by atoms with van der Waals surface area (Å²) in [6, 6.07) is 0. The molecule has 0 spiro atoms. The molecule has 0 aromatic rings. The molecule has 0 amide bonds. The molecule has 0 aliphatic carbocycles. The molecule has 0 radical (unpaired) electrons. The zero-order chi connectivity index (χ0) is 14.4. The molecule has 0 N–H and O–H groups in total. The lowest BCUT2D eigenvalue weighted by atomic mass is 10.5. The fraction of sp³-hybridized carbons (Fsp3) is 1.00. The van der Waals surface area contributed by atoms with E-state index in [4.69, 9.17) is 0 Å². The Morgan fingerprint density at radius 1 is 0.632 bits per heavy atom. The summed E-state index contributed by atoms with van der Waals surface area (Å²) in [5.41, 5.74) is 0. The van der Waals surface area contributed by atoms with Crippen LogP contribution in [0.4, 0.5) is 25.2 Å². The van der Waals surface area contributed by atoms with E-state index < -0.39 is 44.4 Å². The molecule has 112 valence electrons. The molecule has 6 nitrogen and oxygen atoms in total. The molecule has 0 aromatic carbocycles. The van der Waals surface area contributed by atoms with Gasteiger partial charge in [-0.05, 0) is 6.42 Å². The third-order valence-electron chi connectivity index (χ3n) is 1.67. The Morgan fingerprint density at radius 3 is 1.68 bits per heavy atom. The molecule has 2 atom stereocenters. The number of hydrogen-bond donors (Lipinski definition) is 0. The second-order valence-corrected chi connectivity index (χ2v) is 10.3. The van der Waals surface area contributed by atoms with Gasteiger partial charge >= 0.3 is 31.1 Å². The van der Waals surface area contributed by atoms with Crippen LogP contribution in [0.1, 0.15) is 6.42 Å². The van der Waals surface area contributed by atoms with E-state index in [1.54, 1.807) is 0 Å². The number of halogens is 6. The minimum absolute atomic E-state index is 0.0803. The van der Waals surface area contributed by atoms with Crippen LogP contribution < -0.4 is 0 Å². The second-order valence-electron chi connectivity index (χ2n) is 3.24. The fourth-order valence-electron chi connectivity index (χ4n) is 1.13. The number of nitrogens with zero attached hydrogens (tertiary/aromatic N) is 4. The van der Waals surface area contributed by atoms with Crippen LogP contribution in [-0.4, -0.2) is 13.2 Å². The Morgan fingerprint density at radius 2 is 1.11 bits per heavy atom. The molecule has 0 unspecified atom stereocenters. The van der Waals surface area contributed by atoms with Gasteiger partial charge < -0.3 is 9.05 Å². The molecule has 0 saturated carbocycles. The molecule has 0 saturated heterocycles.